The van der Waals surface area contributed by atoms with Gasteiger partial charge in [0, 0.05) is 32.2 Å². The van der Waals surface area contributed by atoms with Gasteiger partial charge in [0.05, 0.1) is 11.5 Å². The van der Waals surface area contributed by atoms with E-state index in [9.17, 15) is 20.0 Å². The number of nitriles is 1. The van der Waals surface area contributed by atoms with Crippen LogP contribution in [0.2, 0.25) is 0 Å². The van der Waals surface area contributed by atoms with Crippen molar-refractivity contribution in [1.29, 1.82) is 5.26 Å². The van der Waals surface area contributed by atoms with Gasteiger partial charge in [-0.1, -0.05) is 30.3 Å². The van der Waals surface area contributed by atoms with Crippen molar-refractivity contribution in [2.24, 2.45) is 5.73 Å². The molecule has 2 aromatic carbocycles. The highest BCUT2D eigenvalue weighted by Gasteiger charge is 2.51. The van der Waals surface area contributed by atoms with E-state index in [2.05, 4.69) is 29.4 Å². The number of aliphatic hydroxyl groups excluding tert-OH is 1. The number of nitrogens with one attached hydrogen (secondary N) is 1. The van der Waals surface area contributed by atoms with Gasteiger partial charge in [-0.15, -0.1) is 0 Å². The summed E-state index contributed by atoms with van der Waals surface area (Å²) in [4.78, 5) is 29.1. The van der Waals surface area contributed by atoms with E-state index in [4.69, 9.17) is 5.73 Å². The van der Waals surface area contributed by atoms with E-state index < -0.39 is 23.5 Å². The average Bonchev–Trinajstić information content (AvgIpc) is 3.04. The number of carbonyl (C=O) groups excluding carboxylic acids is 2. The van der Waals surface area contributed by atoms with E-state index in [0.717, 1.165) is 53.9 Å². The summed E-state index contributed by atoms with van der Waals surface area (Å²) in [5, 5.41) is 21.4. The number of piperidine rings is 1. The first-order chi connectivity index (χ1) is 16.3. The third-order valence-corrected chi connectivity index (χ3v) is 7.00. The van der Waals surface area contributed by atoms with Gasteiger partial charge < -0.3 is 26.0 Å². The molecule has 0 saturated carbocycles. The van der Waals surface area contributed by atoms with Gasteiger partial charge in [0.2, 0.25) is 5.91 Å². The highest BCUT2D eigenvalue weighted by Crippen LogP contribution is 2.47. The van der Waals surface area contributed by atoms with Gasteiger partial charge in [-0.3, -0.25) is 9.59 Å². The number of fused-ring (bicyclic) bond motifs is 2. The zero-order valence-corrected chi connectivity index (χ0v) is 19.6. The molecule has 0 aliphatic carbocycles. The van der Waals surface area contributed by atoms with Crippen LogP contribution in [0.15, 0.2) is 42.5 Å². The maximum atomic E-state index is 13.3. The Bertz CT molecular complexity index is 1130. The summed E-state index contributed by atoms with van der Waals surface area (Å²) in [6, 6.07) is 15.4. The number of anilines is 1. The summed E-state index contributed by atoms with van der Waals surface area (Å²) in [7, 11) is 3.93. The van der Waals surface area contributed by atoms with E-state index in [1.807, 2.05) is 43.4 Å². The van der Waals surface area contributed by atoms with Crippen LogP contribution in [-0.4, -0.2) is 67.7 Å². The molecule has 2 aliphatic rings. The Labute approximate surface area is 200 Å². The molecule has 8 nitrogen and oxygen atoms in total. The van der Waals surface area contributed by atoms with Gasteiger partial charge in [0.15, 0.2) is 0 Å². The number of nitrogens with two attached hydrogens (primary N) is 1. The Hall–Kier alpha value is -3.25. The number of carbonyl (C=O) groups is 2. The van der Waals surface area contributed by atoms with Gasteiger partial charge in [0.25, 0.3) is 5.91 Å². The molecule has 178 valence electrons. The second kappa shape index (κ2) is 9.55. The summed E-state index contributed by atoms with van der Waals surface area (Å²) < 4.78 is 0. The molecule has 2 aromatic rings. The van der Waals surface area contributed by atoms with Crippen molar-refractivity contribution in [2.75, 3.05) is 38.6 Å². The molecular formula is C26H31N5O3. The number of benzene rings is 2. The van der Waals surface area contributed by atoms with Crippen molar-refractivity contribution in [3.8, 4) is 17.2 Å². The summed E-state index contributed by atoms with van der Waals surface area (Å²) in [6.45, 7) is 1.54. The van der Waals surface area contributed by atoms with Crippen LogP contribution in [-0.2, 0) is 21.4 Å². The van der Waals surface area contributed by atoms with E-state index in [0.29, 0.717) is 6.42 Å². The molecule has 2 amide bonds. The molecule has 4 rings (SSSR count). The lowest BCUT2D eigenvalue weighted by Gasteiger charge is -2.37. The number of nitrogens with zero attached hydrogens (tertiary/aromatic N) is 3. The van der Waals surface area contributed by atoms with Crippen LogP contribution in [0.5, 0.6) is 0 Å². The zero-order chi connectivity index (χ0) is 24.5. The molecule has 1 saturated heterocycles. The first-order valence-corrected chi connectivity index (χ1v) is 11.6. The molecule has 2 aliphatic heterocycles. The third kappa shape index (κ3) is 4.30. The second-order valence-electron chi connectivity index (χ2n) is 9.36. The molecule has 4 N–H and O–H groups in total. The molecule has 0 aromatic heterocycles. The SMILES string of the molecule is CN1CCCC2(C1)C(=O)N(C)c1ccc(-c3ccc(C[C@@H](C#N)NC(=O)[C@@H](O)CN)cc3)cc12. The number of amides is 2. The number of likely N-dealkylation sites (N-methyl/N-ethyl adjacent to an activating group) is 2. The van der Waals surface area contributed by atoms with Crippen molar-refractivity contribution in [3.05, 3.63) is 53.6 Å². The Morgan fingerprint density at radius 2 is 1.94 bits per heavy atom. The van der Waals surface area contributed by atoms with Crippen LogP contribution in [0.25, 0.3) is 11.1 Å². The summed E-state index contributed by atoms with van der Waals surface area (Å²) in [6.07, 6.45) is 0.846. The van der Waals surface area contributed by atoms with Crippen LogP contribution in [0.4, 0.5) is 5.69 Å². The Kier molecular flexibility index (Phi) is 6.71. The lowest BCUT2D eigenvalue weighted by atomic mass is 9.74. The van der Waals surface area contributed by atoms with Crippen LogP contribution >= 0.6 is 0 Å². The maximum Gasteiger partial charge on any atom is 0.251 e. The van der Waals surface area contributed by atoms with Crippen molar-refractivity contribution >= 4 is 17.5 Å². The fourth-order valence-corrected chi connectivity index (χ4v) is 5.17. The predicted molar refractivity (Wildman–Crippen MR) is 130 cm³/mol. The molecule has 8 heteroatoms. The highest BCUT2D eigenvalue weighted by atomic mass is 16.3. The van der Waals surface area contributed by atoms with Gasteiger partial charge in [-0.25, -0.2) is 0 Å². The van der Waals surface area contributed by atoms with Crippen molar-refractivity contribution in [2.45, 2.75) is 36.8 Å². The first-order valence-electron chi connectivity index (χ1n) is 11.6. The zero-order valence-electron chi connectivity index (χ0n) is 19.6. The monoisotopic (exact) mass is 461 g/mol. The third-order valence-electron chi connectivity index (χ3n) is 7.00. The molecule has 2 heterocycles. The second-order valence-corrected chi connectivity index (χ2v) is 9.36. The lowest BCUT2D eigenvalue weighted by molar-refractivity contribution is -0.129. The normalized spacial score (nSPS) is 21.7. The highest BCUT2D eigenvalue weighted by molar-refractivity contribution is 6.08. The molecule has 1 unspecified atom stereocenters. The van der Waals surface area contributed by atoms with Crippen molar-refractivity contribution in [1.82, 2.24) is 10.2 Å². The van der Waals surface area contributed by atoms with Crippen molar-refractivity contribution in [3.63, 3.8) is 0 Å². The molecular weight excluding hydrogens is 430 g/mol. The molecule has 1 fully saturated rings. The molecule has 0 bridgehead atoms. The minimum atomic E-state index is -1.32. The minimum absolute atomic E-state index is 0.172. The van der Waals surface area contributed by atoms with E-state index >= 15 is 0 Å². The lowest BCUT2D eigenvalue weighted by Crippen LogP contribution is -2.50. The first kappa shape index (κ1) is 23.9. The van der Waals surface area contributed by atoms with E-state index in [1.54, 1.807) is 4.90 Å². The Morgan fingerprint density at radius 3 is 2.59 bits per heavy atom. The smallest absolute Gasteiger partial charge is 0.251 e. The quantitative estimate of drug-likeness (QED) is 0.593. The van der Waals surface area contributed by atoms with Gasteiger partial charge in [-0.2, -0.15) is 5.26 Å². The molecule has 3 atom stereocenters. The number of hydrogen-bond acceptors (Lipinski definition) is 6. The van der Waals surface area contributed by atoms with Crippen LogP contribution in [0.1, 0.15) is 24.0 Å². The Morgan fingerprint density at radius 1 is 1.24 bits per heavy atom. The standard InChI is InChI=1S/C26H31N5O3/c1-30-11-3-10-26(16-30)21-13-19(8-9-22(21)31(2)25(26)34)18-6-4-17(5-7-18)12-20(14-27)29-24(33)23(32)15-28/h4-9,13,20,23,32H,3,10-12,15-16,28H2,1-2H3,(H,29,33)/t20-,23-,26?/m0/s1. The van der Waals surface area contributed by atoms with Crippen LogP contribution < -0.4 is 16.0 Å². The topological polar surface area (TPSA) is 123 Å². The fourth-order valence-electron chi connectivity index (χ4n) is 5.17. The van der Waals surface area contributed by atoms with Gasteiger partial charge in [-0.05, 0) is 60.8 Å². The molecule has 34 heavy (non-hydrogen) atoms. The summed E-state index contributed by atoms with van der Waals surface area (Å²) in [5.41, 5.74) is 9.83. The summed E-state index contributed by atoms with van der Waals surface area (Å²) in [5.74, 6) is -0.475. The molecule has 1 spiro atoms. The van der Waals surface area contributed by atoms with Gasteiger partial charge in [0.1, 0.15) is 12.1 Å². The van der Waals surface area contributed by atoms with Gasteiger partial charge >= 0.3 is 0 Å². The maximum absolute atomic E-state index is 13.3. The van der Waals surface area contributed by atoms with E-state index in [1.165, 1.54) is 0 Å². The summed E-state index contributed by atoms with van der Waals surface area (Å²) >= 11 is 0. The largest absolute Gasteiger partial charge is 0.382 e. The number of hydrogen-bond donors (Lipinski definition) is 3. The number of rotatable bonds is 6. The fraction of sp³-hybridized carbons (Fsp3) is 0.423. The Balaban J connectivity index is 1.55. The average molecular weight is 462 g/mol. The van der Waals surface area contributed by atoms with Crippen LogP contribution in [0.3, 0.4) is 0 Å². The predicted octanol–water partition coefficient (Wildman–Crippen LogP) is 1.16. The van der Waals surface area contributed by atoms with Crippen molar-refractivity contribution < 1.29 is 14.7 Å². The van der Waals surface area contributed by atoms with E-state index in [-0.39, 0.29) is 12.5 Å². The number of aliphatic hydroxyl groups is 1. The minimum Gasteiger partial charge on any atom is -0.382 e. The van der Waals surface area contributed by atoms with Crippen LogP contribution in [0, 0.1) is 11.3 Å². The number of likely N-dealkylation sites (tertiary alicyclic amines) is 1. The molecule has 0 radical (unpaired) electrons.